The minimum Gasteiger partial charge on any atom is -0.345 e. The van der Waals surface area contributed by atoms with Crippen molar-refractivity contribution in [3.05, 3.63) is 84.3 Å². The molecule has 0 amide bonds. The van der Waals surface area contributed by atoms with Gasteiger partial charge in [0.15, 0.2) is 0 Å². The molecule has 0 saturated carbocycles. The van der Waals surface area contributed by atoms with E-state index in [1.165, 1.54) is 5.70 Å². The summed E-state index contributed by atoms with van der Waals surface area (Å²) < 4.78 is 0. The Balaban J connectivity index is 2.99. The van der Waals surface area contributed by atoms with E-state index in [-0.39, 0.29) is 0 Å². The predicted octanol–water partition coefficient (Wildman–Crippen LogP) is 5.16. The van der Waals surface area contributed by atoms with Crippen molar-refractivity contribution in [3.63, 3.8) is 0 Å². The van der Waals surface area contributed by atoms with Crippen LogP contribution in [0.1, 0.15) is 20.8 Å². The van der Waals surface area contributed by atoms with E-state index in [4.69, 9.17) is 0 Å². The van der Waals surface area contributed by atoms with Gasteiger partial charge in [-0.05, 0) is 44.1 Å². The monoisotopic (exact) mass is 267 g/mol. The lowest BCUT2D eigenvalue weighted by Gasteiger charge is -2.21. The summed E-state index contributed by atoms with van der Waals surface area (Å²) in [5.74, 6) is 0.485. The molecule has 0 saturated heterocycles. The molecule has 0 aliphatic heterocycles. The highest BCUT2D eigenvalue weighted by atomic mass is 15.1. The first-order valence-electron chi connectivity index (χ1n) is 7.11. The Labute approximate surface area is 123 Å². The Kier molecular flexibility index (Phi) is 7.20. The quantitative estimate of drug-likeness (QED) is 0.622. The van der Waals surface area contributed by atoms with Crippen LogP contribution in [0.3, 0.4) is 0 Å². The lowest BCUT2D eigenvalue weighted by molar-refractivity contribution is 0.554. The Morgan fingerprint density at radius 3 is 2.55 bits per heavy atom. The molecule has 0 spiro atoms. The van der Waals surface area contributed by atoms with Gasteiger partial charge in [0.2, 0.25) is 0 Å². The summed E-state index contributed by atoms with van der Waals surface area (Å²) in [5.41, 5.74) is 2.34. The zero-order valence-corrected chi connectivity index (χ0v) is 13.0. The first-order valence-corrected chi connectivity index (χ1v) is 7.11. The molecule has 0 radical (unpaired) electrons. The molecule has 106 valence electrons. The SMILES string of the molecule is C\C=C/C=C(\C=C/C=C/C)N(C)C1=CC=CC(C)C=C1. The third kappa shape index (κ3) is 5.31. The molecule has 1 unspecified atom stereocenters. The molecule has 1 heteroatoms. The molecule has 0 bridgehead atoms. The van der Waals surface area contributed by atoms with E-state index in [9.17, 15) is 0 Å². The second-order valence-electron chi connectivity index (χ2n) is 4.76. The van der Waals surface area contributed by atoms with Crippen LogP contribution < -0.4 is 0 Å². The van der Waals surface area contributed by atoms with Gasteiger partial charge >= 0.3 is 0 Å². The van der Waals surface area contributed by atoms with Crippen LogP contribution in [0.15, 0.2) is 84.3 Å². The maximum absolute atomic E-state index is 2.22. The van der Waals surface area contributed by atoms with Crippen molar-refractivity contribution < 1.29 is 0 Å². The molecule has 0 heterocycles. The number of rotatable bonds is 5. The van der Waals surface area contributed by atoms with Crippen LogP contribution in [0.5, 0.6) is 0 Å². The third-order valence-corrected chi connectivity index (χ3v) is 3.06. The fraction of sp³-hybridized carbons (Fsp3) is 0.263. The Bertz CT molecular complexity index is 496. The van der Waals surface area contributed by atoms with Gasteiger partial charge in [0.1, 0.15) is 0 Å². The molecule has 1 nitrogen and oxygen atoms in total. The zero-order chi connectivity index (χ0) is 14.8. The van der Waals surface area contributed by atoms with Crippen molar-refractivity contribution >= 4 is 0 Å². The molecule has 0 aromatic carbocycles. The summed E-state index contributed by atoms with van der Waals surface area (Å²) in [5, 5.41) is 0. The molecular weight excluding hydrogens is 242 g/mol. The lowest BCUT2D eigenvalue weighted by atomic mass is 10.1. The summed E-state index contributed by atoms with van der Waals surface area (Å²) in [6.45, 7) is 6.23. The topological polar surface area (TPSA) is 3.24 Å². The summed E-state index contributed by atoms with van der Waals surface area (Å²) >= 11 is 0. The first-order chi connectivity index (χ1) is 9.69. The normalized spacial score (nSPS) is 20.1. The third-order valence-electron chi connectivity index (χ3n) is 3.06. The van der Waals surface area contributed by atoms with Gasteiger partial charge in [0.25, 0.3) is 0 Å². The highest BCUT2D eigenvalue weighted by molar-refractivity contribution is 5.35. The Hall–Kier alpha value is -2.02. The van der Waals surface area contributed by atoms with Gasteiger partial charge in [0, 0.05) is 18.4 Å². The number of nitrogens with zero attached hydrogens (tertiary/aromatic N) is 1. The number of likely N-dealkylation sites (N-methyl/N-ethyl adjacent to an activating group) is 1. The molecule has 1 atom stereocenters. The molecule has 1 aliphatic rings. The van der Waals surface area contributed by atoms with Crippen LogP contribution in [0.4, 0.5) is 0 Å². The highest BCUT2D eigenvalue weighted by Gasteiger charge is 2.06. The zero-order valence-electron chi connectivity index (χ0n) is 13.0. The average molecular weight is 267 g/mol. The molecule has 1 rings (SSSR count). The van der Waals surface area contributed by atoms with Crippen molar-refractivity contribution in [3.8, 4) is 0 Å². The fourth-order valence-electron chi connectivity index (χ4n) is 1.81. The molecule has 0 fully saturated rings. The van der Waals surface area contributed by atoms with Gasteiger partial charge < -0.3 is 4.90 Å². The average Bonchev–Trinajstić information content (AvgIpc) is 2.67. The van der Waals surface area contributed by atoms with E-state index in [1.807, 2.05) is 32.1 Å². The van der Waals surface area contributed by atoms with Crippen LogP contribution in [0, 0.1) is 5.92 Å². The standard InChI is InChI=1S/C19H25N/c1-5-7-9-13-18(12-8-6-2)20(4)19-14-10-11-17(3)15-16-19/h5-17H,1-4H3/b7-5+,8-6-,13-9-,18-12+. The predicted molar refractivity (Wildman–Crippen MR) is 90.1 cm³/mol. The largest absolute Gasteiger partial charge is 0.345 e. The van der Waals surface area contributed by atoms with Crippen LogP contribution in [-0.2, 0) is 0 Å². The van der Waals surface area contributed by atoms with Crippen LogP contribution >= 0.6 is 0 Å². The Morgan fingerprint density at radius 2 is 1.85 bits per heavy atom. The van der Waals surface area contributed by atoms with Gasteiger partial charge in [-0.3, -0.25) is 0 Å². The fourth-order valence-corrected chi connectivity index (χ4v) is 1.81. The number of hydrogen-bond acceptors (Lipinski definition) is 1. The van der Waals surface area contributed by atoms with Crippen molar-refractivity contribution in [2.24, 2.45) is 5.92 Å². The summed E-state index contributed by atoms with van der Waals surface area (Å²) in [4.78, 5) is 2.19. The maximum Gasteiger partial charge on any atom is 0.0407 e. The molecule has 0 aromatic heterocycles. The van der Waals surface area contributed by atoms with E-state index in [0.29, 0.717) is 5.92 Å². The first kappa shape index (κ1) is 16.0. The lowest BCUT2D eigenvalue weighted by Crippen LogP contribution is -2.14. The molecule has 1 aliphatic carbocycles. The van der Waals surface area contributed by atoms with Crippen LogP contribution in [-0.4, -0.2) is 11.9 Å². The van der Waals surface area contributed by atoms with Gasteiger partial charge in [0.05, 0.1) is 0 Å². The summed E-state index contributed by atoms with van der Waals surface area (Å²) in [7, 11) is 2.09. The van der Waals surface area contributed by atoms with Crippen molar-refractivity contribution in [2.45, 2.75) is 20.8 Å². The van der Waals surface area contributed by atoms with Gasteiger partial charge in [-0.15, -0.1) is 0 Å². The maximum atomic E-state index is 2.22. The molecule has 0 N–H and O–H groups in total. The van der Waals surface area contributed by atoms with Gasteiger partial charge in [-0.1, -0.05) is 55.5 Å². The van der Waals surface area contributed by atoms with Crippen molar-refractivity contribution in [2.75, 3.05) is 7.05 Å². The van der Waals surface area contributed by atoms with Crippen LogP contribution in [0.25, 0.3) is 0 Å². The van der Waals surface area contributed by atoms with Crippen molar-refractivity contribution in [1.82, 2.24) is 4.90 Å². The van der Waals surface area contributed by atoms with E-state index in [2.05, 4.69) is 73.6 Å². The molecule has 20 heavy (non-hydrogen) atoms. The van der Waals surface area contributed by atoms with E-state index in [1.54, 1.807) is 0 Å². The second-order valence-corrected chi connectivity index (χ2v) is 4.76. The van der Waals surface area contributed by atoms with Gasteiger partial charge in [-0.2, -0.15) is 0 Å². The van der Waals surface area contributed by atoms with Crippen LogP contribution in [0.2, 0.25) is 0 Å². The minimum absolute atomic E-state index is 0.485. The molecule has 0 aromatic rings. The van der Waals surface area contributed by atoms with E-state index in [0.717, 1.165) is 5.70 Å². The van der Waals surface area contributed by atoms with E-state index >= 15 is 0 Å². The number of hydrogen-bond donors (Lipinski definition) is 0. The molecular formula is C19H25N. The summed E-state index contributed by atoms with van der Waals surface area (Å²) in [6.07, 6.45) is 25.3. The second kappa shape index (κ2) is 8.98. The Morgan fingerprint density at radius 1 is 1.10 bits per heavy atom. The smallest absolute Gasteiger partial charge is 0.0407 e. The van der Waals surface area contributed by atoms with Crippen molar-refractivity contribution in [1.29, 1.82) is 0 Å². The highest BCUT2D eigenvalue weighted by Crippen LogP contribution is 2.17. The number of allylic oxidation sites excluding steroid dienone is 12. The summed E-state index contributed by atoms with van der Waals surface area (Å²) in [6, 6.07) is 0. The van der Waals surface area contributed by atoms with E-state index < -0.39 is 0 Å². The van der Waals surface area contributed by atoms with Gasteiger partial charge in [-0.25, -0.2) is 0 Å². The minimum atomic E-state index is 0.485.